The number of rotatable bonds is 7. The highest BCUT2D eigenvalue weighted by molar-refractivity contribution is 7.22. The fourth-order valence-corrected chi connectivity index (χ4v) is 3.93. The number of nitrogens with zero attached hydrogens (tertiary/aromatic N) is 3. The first-order valence-corrected chi connectivity index (χ1v) is 9.51. The lowest BCUT2D eigenvalue weighted by molar-refractivity contribution is -0.136. The Morgan fingerprint density at radius 2 is 2.04 bits per heavy atom. The molecule has 0 unspecified atom stereocenters. The molecule has 2 aromatic rings. The molecule has 0 radical (unpaired) electrons. The van der Waals surface area contributed by atoms with E-state index in [1.807, 2.05) is 4.90 Å². The Balaban J connectivity index is 1.54. The molecule has 2 heterocycles. The average Bonchev–Trinajstić information content (AvgIpc) is 3.08. The van der Waals surface area contributed by atoms with Crippen molar-refractivity contribution in [2.24, 2.45) is 0 Å². The number of carbonyl (C=O) groups excluding carboxylic acids is 1. The quantitative estimate of drug-likeness (QED) is 0.706. The van der Waals surface area contributed by atoms with Gasteiger partial charge in [0.25, 0.3) is 0 Å². The van der Waals surface area contributed by atoms with Gasteiger partial charge in [-0.1, -0.05) is 24.3 Å². The van der Waals surface area contributed by atoms with E-state index in [-0.39, 0.29) is 12.5 Å². The van der Waals surface area contributed by atoms with Crippen LogP contribution in [0, 0.1) is 0 Å². The van der Waals surface area contributed by atoms with Gasteiger partial charge in [-0.3, -0.25) is 4.79 Å². The number of fused-ring (bicyclic) bond motifs is 1. The molecule has 1 aromatic carbocycles. The molecule has 7 heteroatoms. The monoisotopic (exact) mass is 363 g/mol. The number of hydrogen-bond donors (Lipinski definition) is 0. The number of methoxy groups -OCH3 is 1. The van der Waals surface area contributed by atoms with E-state index in [4.69, 9.17) is 14.5 Å². The Morgan fingerprint density at radius 3 is 2.76 bits per heavy atom. The largest absolute Gasteiger partial charge is 0.382 e. The van der Waals surface area contributed by atoms with E-state index in [0.717, 1.165) is 30.2 Å². The first-order valence-electron chi connectivity index (χ1n) is 8.70. The zero-order valence-corrected chi connectivity index (χ0v) is 15.7. The molecule has 6 nitrogen and oxygen atoms in total. The predicted octanol–water partition coefficient (Wildman–Crippen LogP) is 2.17. The lowest BCUT2D eigenvalue weighted by Gasteiger charge is -2.34. The zero-order valence-electron chi connectivity index (χ0n) is 14.9. The van der Waals surface area contributed by atoms with E-state index >= 15 is 0 Å². The molecule has 0 aliphatic carbocycles. The minimum atomic E-state index is 0.0487. The topological polar surface area (TPSA) is 54.9 Å². The molecule has 1 aliphatic rings. The third kappa shape index (κ3) is 4.48. The molecule has 0 atom stereocenters. The van der Waals surface area contributed by atoms with E-state index in [2.05, 4.69) is 30.0 Å². The van der Waals surface area contributed by atoms with Gasteiger partial charge >= 0.3 is 0 Å². The van der Waals surface area contributed by atoms with Crippen LogP contribution in [0.25, 0.3) is 10.2 Å². The standard InChI is InChI=1S/C18H25N3O3S/c1-3-14-4-5-15-16(12-14)25-18(19-15)21-8-6-20(7-9-21)17(22)13-24-11-10-23-2/h4-5,12H,3,6-11,13H2,1-2H3. The van der Waals surface area contributed by atoms with E-state index in [0.29, 0.717) is 26.3 Å². The van der Waals surface area contributed by atoms with E-state index in [1.165, 1.54) is 10.3 Å². The molecule has 0 saturated carbocycles. The van der Waals surface area contributed by atoms with E-state index in [1.54, 1.807) is 18.4 Å². The van der Waals surface area contributed by atoms with Crippen LogP contribution in [-0.2, 0) is 20.7 Å². The second-order valence-corrected chi connectivity index (χ2v) is 7.07. The Labute approximate surface area is 152 Å². The summed E-state index contributed by atoms with van der Waals surface area (Å²) in [5, 5.41) is 1.05. The zero-order chi connectivity index (χ0) is 17.6. The van der Waals surface area contributed by atoms with Gasteiger partial charge in [-0.15, -0.1) is 0 Å². The molecular weight excluding hydrogens is 338 g/mol. The van der Waals surface area contributed by atoms with Gasteiger partial charge in [-0.2, -0.15) is 0 Å². The number of anilines is 1. The number of amides is 1. The minimum absolute atomic E-state index is 0.0487. The van der Waals surface area contributed by atoms with Crippen molar-refractivity contribution in [1.29, 1.82) is 0 Å². The number of hydrogen-bond acceptors (Lipinski definition) is 6. The van der Waals surface area contributed by atoms with Gasteiger partial charge in [-0.05, 0) is 24.1 Å². The van der Waals surface area contributed by atoms with Crippen molar-refractivity contribution in [1.82, 2.24) is 9.88 Å². The molecule has 1 fully saturated rings. The number of piperazine rings is 1. The lowest BCUT2D eigenvalue weighted by atomic mass is 10.2. The van der Waals surface area contributed by atoms with Crippen molar-refractivity contribution in [3.63, 3.8) is 0 Å². The second-order valence-electron chi connectivity index (χ2n) is 6.07. The number of aromatic nitrogens is 1. The highest BCUT2D eigenvalue weighted by Crippen LogP contribution is 2.30. The third-order valence-electron chi connectivity index (χ3n) is 4.41. The maximum atomic E-state index is 12.1. The summed E-state index contributed by atoms with van der Waals surface area (Å²) in [4.78, 5) is 21.0. The molecule has 0 spiro atoms. The molecule has 1 aliphatic heterocycles. The van der Waals surface area contributed by atoms with Crippen LogP contribution in [0.5, 0.6) is 0 Å². The molecule has 25 heavy (non-hydrogen) atoms. The van der Waals surface area contributed by atoms with Crippen LogP contribution in [0.4, 0.5) is 5.13 Å². The number of thiazole rings is 1. The van der Waals surface area contributed by atoms with Gasteiger partial charge < -0.3 is 19.3 Å². The summed E-state index contributed by atoms with van der Waals surface area (Å²) in [6, 6.07) is 6.48. The minimum Gasteiger partial charge on any atom is -0.382 e. The molecule has 1 aromatic heterocycles. The van der Waals surface area contributed by atoms with Gasteiger partial charge in [0.05, 0.1) is 23.4 Å². The Kier molecular flexibility index (Phi) is 6.23. The van der Waals surface area contributed by atoms with Crippen LogP contribution in [0.2, 0.25) is 0 Å². The Bertz CT molecular complexity index is 711. The number of benzene rings is 1. The summed E-state index contributed by atoms with van der Waals surface area (Å²) in [6.45, 7) is 6.30. The first kappa shape index (κ1) is 18.1. The maximum Gasteiger partial charge on any atom is 0.248 e. The van der Waals surface area contributed by atoms with Crippen molar-refractivity contribution in [3.8, 4) is 0 Å². The third-order valence-corrected chi connectivity index (χ3v) is 5.49. The summed E-state index contributed by atoms with van der Waals surface area (Å²) in [6.07, 6.45) is 1.04. The van der Waals surface area contributed by atoms with Crippen molar-refractivity contribution in [3.05, 3.63) is 23.8 Å². The summed E-state index contributed by atoms with van der Waals surface area (Å²) in [5.74, 6) is 0.0487. The number of carbonyl (C=O) groups is 1. The summed E-state index contributed by atoms with van der Waals surface area (Å²) in [7, 11) is 1.62. The summed E-state index contributed by atoms with van der Waals surface area (Å²) < 4.78 is 11.5. The normalized spacial score (nSPS) is 15.1. The molecule has 1 amide bonds. The highest BCUT2D eigenvalue weighted by Gasteiger charge is 2.23. The highest BCUT2D eigenvalue weighted by atomic mass is 32.1. The van der Waals surface area contributed by atoms with Crippen LogP contribution in [0.15, 0.2) is 18.2 Å². The van der Waals surface area contributed by atoms with Crippen LogP contribution in [0.1, 0.15) is 12.5 Å². The second kappa shape index (κ2) is 8.60. The maximum absolute atomic E-state index is 12.1. The van der Waals surface area contributed by atoms with Crippen LogP contribution in [0.3, 0.4) is 0 Å². The predicted molar refractivity (Wildman–Crippen MR) is 100 cm³/mol. The fourth-order valence-electron chi connectivity index (χ4n) is 2.85. The number of ether oxygens (including phenoxy) is 2. The van der Waals surface area contributed by atoms with E-state index < -0.39 is 0 Å². The lowest BCUT2D eigenvalue weighted by Crippen LogP contribution is -2.49. The Hall–Kier alpha value is -1.70. The SMILES string of the molecule is CCc1ccc2nc(N3CCN(C(=O)COCCOC)CC3)sc2c1. The Morgan fingerprint density at radius 1 is 1.24 bits per heavy atom. The molecule has 1 saturated heterocycles. The van der Waals surface area contributed by atoms with Gasteiger partial charge in [0.1, 0.15) is 6.61 Å². The number of aryl methyl sites for hydroxylation is 1. The van der Waals surface area contributed by atoms with Gasteiger partial charge in [-0.25, -0.2) is 4.98 Å². The summed E-state index contributed by atoms with van der Waals surface area (Å²) >= 11 is 1.74. The molecule has 136 valence electrons. The first-order chi connectivity index (χ1) is 12.2. The molecular formula is C18H25N3O3S. The average molecular weight is 363 g/mol. The molecule has 0 N–H and O–H groups in total. The van der Waals surface area contributed by atoms with Crippen molar-refractivity contribution in [2.75, 3.05) is 58.0 Å². The van der Waals surface area contributed by atoms with Crippen molar-refractivity contribution >= 4 is 32.6 Å². The molecule has 0 bridgehead atoms. The van der Waals surface area contributed by atoms with Crippen molar-refractivity contribution < 1.29 is 14.3 Å². The smallest absolute Gasteiger partial charge is 0.248 e. The van der Waals surface area contributed by atoms with Crippen LogP contribution >= 0.6 is 11.3 Å². The van der Waals surface area contributed by atoms with Gasteiger partial charge in [0.15, 0.2) is 5.13 Å². The molecule has 3 rings (SSSR count). The van der Waals surface area contributed by atoms with Crippen LogP contribution in [-0.4, -0.2) is 68.9 Å². The van der Waals surface area contributed by atoms with Crippen molar-refractivity contribution in [2.45, 2.75) is 13.3 Å². The van der Waals surface area contributed by atoms with Gasteiger partial charge in [0.2, 0.25) is 5.91 Å². The van der Waals surface area contributed by atoms with E-state index in [9.17, 15) is 4.79 Å². The van der Waals surface area contributed by atoms with Crippen LogP contribution < -0.4 is 4.90 Å². The van der Waals surface area contributed by atoms with Gasteiger partial charge in [0, 0.05) is 33.3 Å². The fraction of sp³-hybridized carbons (Fsp3) is 0.556. The summed E-state index contributed by atoms with van der Waals surface area (Å²) in [5.41, 5.74) is 2.40.